The molecule has 2 aromatic rings. The Morgan fingerprint density at radius 3 is 2.65 bits per heavy atom. The Hall–Kier alpha value is -2.29. The molecule has 0 aliphatic heterocycles. The Bertz CT molecular complexity index is 632. The van der Waals surface area contributed by atoms with E-state index in [9.17, 15) is 0 Å². The van der Waals surface area contributed by atoms with E-state index in [2.05, 4.69) is 29.4 Å². The summed E-state index contributed by atoms with van der Waals surface area (Å²) in [5.41, 5.74) is 4.34. The first-order valence-corrected chi connectivity index (χ1v) is 6.77. The zero-order chi connectivity index (χ0) is 13.9. The Balaban J connectivity index is 1.60. The molecule has 0 saturated heterocycles. The van der Waals surface area contributed by atoms with Gasteiger partial charge in [-0.3, -0.25) is 0 Å². The molecule has 0 bridgehead atoms. The average Bonchev–Trinajstić information content (AvgIpc) is 2.48. The van der Waals surface area contributed by atoms with E-state index >= 15 is 0 Å². The standard InChI is InChI=1S/C17H17NO2/c1-12(18-19)13-6-8-16(9-7-13)20-11-15-10-14-4-2-3-5-17(14)15/h2-9,15,19H,10-11H2,1H3. The van der Waals surface area contributed by atoms with Gasteiger partial charge >= 0.3 is 0 Å². The maximum Gasteiger partial charge on any atom is 0.119 e. The zero-order valence-corrected chi connectivity index (χ0v) is 11.4. The number of benzene rings is 2. The van der Waals surface area contributed by atoms with Crippen LogP contribution in [-0.2, 0) is 6.42 Å². The Morgan fingerprint density at radius 2 is 1.95 bits per heavy atom. The van der Waals surface area contributed by atoms with E-state index in [1.54, 1.807) is 6.92 Å². The van der Waals surface area contributed by atoms with Crippen LogP contribution in [0.25, 0.3) is 0 Å². The molecule has 0 fully saturated rings. The fraction of sp³-hybridized carbons (Fsp3) is 0.235. The molecule has 0 amide bonds. The van der Waals surface area contributed by atoms with Gasteiger partial charge in [0.2, 0.25) is 0 Å². The van der Waals surface area contributed by atoms with E-state index in [-0.39, 0.29) is 0 Å². The van der Waals surface area contributed by atoms with Crippen LogP contribution in [0.15, 0.2) is 53.7 Å². The van der Waals surface area contributed by atoms with Gasteiger partial charge in [-0.15, -0.1) is 0 Å². The molecule has 0 saturated carbocycles. The summed E-state index contributed by atoms with van der Waals surface area (Å²) in [5, 5.41) is 11.9. The van der Waals surface area contributed by atoms with Crippen molar-refractivity contribution >= 4 is 5.71 Å². The zero-order valence-electron chi connectivity index (χ0n) is 11.4. The highest BCUT2D eigenvalue weighted by Crippen LogP contribution is 2.35. The van der Waals surface area contributed by atoms with Crippen molar-refractivity contribution in [2.24, 2.45) is 5.16 Å². The van der Waals surface area contributed by atoms with E-state index < -0.39 is 0 Å². The topological polar surface area (TPSA) is 41.8 Å². The first-order valence-electron chi connectivity index (χ1n) is 6.77. The molecule has 20 heavy (non-hydrogen) atoms. The van der Waals surface area contributed by atoms with Crippen LogP contribution in [0.4, 0.5) is 0 Å². The normalized spacial score (nSPS) is 17.2. The number of rotatable bonds is 4. The summed E-state index contributed by atoms with van der Waals surface area (Å²) < 4.78 is 5.83. The molecule has 3 heteroatoms. The van der Waals surface area contributed by atoms with Gasteiger partial charge in [-0.25, -0.2) is 0 Å². The third kappa shape index (κ3) is 2.39. The lowest BCUT2D eigenvalue weighted by atomic mass is 9.78. The summed E-state index contributed by atoms with van der Waals surface area (Å²) in [7, 11) is 0. The molecule has 1 aliphatic rings. The average molecular weight is 267 g/mol. The van der Waals surface area contributed by atoms with Gasteiger partial charge in [-0.1, -0.05) is 29.4 Å². The van der Waals surface area contributed by atoms with E-state index in [1.165, 1.54) is 11.1 Å². The molecule has 1 aliphatic carbocycles. The molecule has 2 aromatic carbocycles. The van der Waals surface area contributed by atoms with Gasteiger partial charge in [-0.05, 0) is 54.3 Å². The minimum Gasteiger partial charge on any atom is -0.493 e. The second kappa shape index (κ2) is 5.37. The van der Waals surface area contributed by atoms with Gasteiger partial charge in [0.1, 0.15) is 5.75 Å². The lowest BCUT2D eigenvalue weighted by molar-refractivity contribution is 0.275. The van der Waals surface area contributed by atoms with E-state index in [0.717, 1.165) is 17.7 Å². The molecule has 3 rings (SSSR count). The minimum atomic E-state index is 0.506. The Kier molecular flexibility index (Phi) is 3.42. The Labute approximate surface area is 118 Å². The number of oxime groups is 1. The fourth-order valence-corrected chi connectivity index (χ4v) is 2.56. The van der Waals surface area contributed by atoms with Crippen LogP contribution in [0.3, 0.4) is 0 Å². The molecule has 1 unspecified atom stereocenters. The van der Waals surface area contributed by atoms with Crippen LogP contribution in [0.2, 0.25) is 0 Å². The molecule has 102 valence electrons. The smallest absolute Gasteiger partial charge is 0.119 e. The van der Waals surface area contributed by atoms with Gasteiger partial charge in [0, 0.05) is 5.92 Å². The van der Waals surface area contributed by atoms with Crippen molar-refractivity contribution < 1.29 is 9.94 Å². The molecule has 0 spiro atoms. The van der Waals surface area contributed by atoms with Gasteiger partial charge in [0.05, 0.1) is 12.3 Å². The van der Waals surface area contributed by atoms with E-state index in [1.807, 2.05) is 24.3 Å². The molecule has 3 nitrogen and oxygen atoms in total. The minimum absolute atomic E-state index is 0.506. The third-order valence-electron chi connectivity index (χ3n) is 3.83. The van der Waals surface area contributed by atoms with Crippen LogP contribution < -0.4 is 4.74 Å². The van der Waals surface area contributed by atoms with Crippen LogP contribution in [0.1, 0.15) is 29.5 Å². The number of fused-ring (bicyclic) bond motifs is 1. The van der Waals surface area contributed by atoms with Crippen molar-refractivity contribution in [1.29, 1.82) is 0 Å². The van der Waals surface area contributed by atoms with Gasteiger partial charge in [0.25, 0.3) is 0 Å². The monoisotopic (exact) mass is 267 g/mol. The first-order chi connectivity index (χ1) is 9.78. The lowest BCUT2D eigenvalue weighted by Crippen LogP contribution is -2.23. The van der Waals surface area contributed by atoms with E-state index in [4.69, 9.17) is 9.94 Å². The van der Waals surface area contributed by atoms with Crippen molar-refractivity contribution in [1.82, 2.24) is 0 Å². The van der Waals surface area contributed by atoms with Crippen LogP contribution in [0, 0.1) is 0 Å². The van der Waals surface area contributed by atoms with Gasteiger partial charge in [0.15, 0.2) is 0 Å². The van der Waals surface area contributed by atoms with Crippen molar-refractivity contribution in [2.45, 2.75) is 19.3 Å². The summed E-state index contributed by atoms with van der Waals surface area (Å²) >= 11 is 0. The molecular weight excluding hydrogens is 250 g/mol. The number of nitrogens with zero attached hydrogens (tertiary/aromatic N) is 1. The largest absolute Gasteiger partial charge is 0.493 e. The van der Waals surface area contributed by atoms with Gasteiger partial charge < -0.3 is 9.94 Å². The van der Waals surface area contributed by atoms with Crippen LogP contribution >= 0.6 is 0 Å². The van der Waals surface area contributed by atoms with Crippen molar-refractivity contribution in [2.75, 3.05) is 6.61 Å². The van der Waals surface area contributed by atoms with Crippen molar-refractivity contribution in [3.8, 4) is 5.75 Å². The summed E-state index contributed by atoms with van der Waals surface area (Å²) in [4.78, 5) is 0. The molecule has 1 N–H and O–H groups in total. The van der Waals surface area contributed by atoms with Crippen molar-refractivity contribution in [3.63, 3.8) is 0 Å². The predicted octanol–water partition coefficient (Wildman–Crippen LogP) is 3.60. The maximum atomic E-state index is 8.72. The quantitative estimate of drug-likeness (QED) is 0.522. The summed E-state index contributed by atoms with van der Waals surface area (Å²) in [5.74, 6) is 1.36. The molecule has 0 radical (unpaired) electrons. The highest BCUT2D eigenvalue weighted by molar-refractivity contribution is 5.98. The number of hydrogen-bond donors (Lipinski definition) is 1. The number of ether oxygens (including phenoxy) is 1. The van der Waals surface area contributed by atoms with Crippen molar-refractivity contribution in [3.05, 3.63) is 65.2 Å². The lowest BCUT2D eigenvalue weighted by Gasteiger charge is -2.29. The summed E-state index contributed by atoms with van der Waals surface area (Å²) in [6, 6.07) is 16.1. The third-order valence-corrected chi connectivity index (χ3v) is 3.83. The second-order valence-corrected chi connectivity index (χ2v) is 5.12. The second-order valence-electron chi connectivity index (χ2n) is 5.12. The molecule has 1 atom stereocenters. The Morgan fingerprint density at radius 1 is 1.20 bits per heavy atom. The molecule has 0 heterocycles. The number of hydrogen-bond acceptors (Lipinski definition) is 3. The molecular formula is C17H17NO2. The molecule has 0 aromatic heterocycles. The van der Waals surface area contributed by atoms with Crippen LogP contribution in [0.5, 0.6) is 5.75 Å². The SMILES string of the molecule is CC(=NO)c1ccc(OCC2Cc3ccccc32)cc1. The summed E-state index contributed by atoms with van der Waals surface area (Å²) in [6.07, 6.45) is 1.10. The highest BCUT2D eigenvalue weighted by Gasteiger charge is 2.25. The van der Waals surface area contributed by atoms with Crippen LogP contribution in [-0.4, -0.2) is 17.5 Å². The predicted molar refractivity (Wildman–Crippen MR) is 78.8 cm³/mol. The fourth-order valence-electron chi connectivity index (χ4n) is 2.56. The van der Waals surface area contributed by atoms with Gasteiger partial charge in [-0.2, -0.15) is 0 Å². The first kappa shape index (κ1) is 12.7. The van der Waals surface area contributed by atoms with E-state index in [0.29, 0.717) is 18.2 Å². The summed E-state index contributed by atoms with van der Waals surface area (Å²) in [6.45, 7) is 2.48. The maximum absolute atomic E-state index is 8.72. The highest BCUT2D eigenvalue weighted by atomic mass is 16.5.